The van der Waals surface area contributed by atoms with Gasteiger partial charge < -0.3 is 0 Å². The van der Waals surface area contributed by atoms with Gasteiger partial charge in [-0.3, -0.25) is 14.1 Å². The second-order valence-electron chi connectivity index (χ2n) is 10.7. The fourth-order valence-electron chi connectivity index (χ4n) is 4.97. The molecule has 0 saturated carbocycles. The number of imidazole rings is 1. The molecule has 5 aromatic rings. The summed E-state index contributed by atoms with van der Waals surface area (Å²) >= 11 is 0. The molecule has 2 aromatic carbocycles. The molecule has 0 amide bonds. The van der Waals surface area contributed by atoms with E-state index in [4.69, 9.17) is 0 Å². The molecule has 0 spiro atoms. The quantitative estimate of drug-likeness (QED) is 0.314. The second kappa shape index (κ2) is 10.2. The van der Waals surface area contributed by atoms with E-state index in [1.165, 1.54) is 5.56 Å². The monoisotopic (exact) mass is 507 g/mol. The van der Waals surface area contributed by atoms with E-state index in [0.29, 0.717) is 12.4 Å². The van der Waals surface area contributed by atoms with Gasteiger partial charge in [0.05, 0.1) is 12.2 Å². The number of nitrogens with one attached hydrogen (secondary N) is 1. The molecular weight excluding hydrogens is 474 g/mol. The lowest BCUT2D eigenvalue weighted by Gasteiger charge is -2.24. The standard InChI is InChI=1S/C30H33N7O/c1-6-8-23-19-37(27-20(2)9-7-10-26(27)30(3,4)5)29(38)36(23)18-21-11-13-22(14-12-21)24-15-16-31-17-25(24)28-32-34-35-33-28/h7,9-17,19H,6,8,18H2,1-5H3,(H,32,33,34,35). The Bertz CT molecular complexity index is 1600. The molecule has 0 atom stereocenters. The summed E-state index contributed by atoms with van der Waals surface area (Å²) in [4.78, 5) is 18.1. The largest absolute Gasteiger partial charge is 0.333 e. The van der Waals surface area contributed by atoms with E-state index in [0.717, 1.165) is 52.0 Å². The lowest BCUT2D eigenvalue weighted by molar-refractivity contribution is 0.584. The number of H-pyrrole nitrogens is 1. The first-order valence-electron chi connectivity index (χ1n) is 13.0. The van der Waals surface area contributed by atoms with Crippen molar-refractivity contribution in [1.29, 1.82) is 0 Å². The van der Waals surface area contributed by atoms with Crippen molar-refractivity contribution >= 4 is 0 Å². The number of aromatic nitrogens is 7. The molecular formula is C30H33N7O. The van der Waals surface area contributed by atoms with Gasteiger partial charge in [0.2, 0.25) is 5.82 Å². The van der Waals surface area contributed by atoms with Crippen molar-refractivity contribution in [3.05, 3.63) is 100.0 Å². The lowest BCUT2D eigenvalue weighted by Crippen LogP contribution is -2.27. The van der Waals surface area contributed by atoms with Crippen LogP contribution in [0.1, 0.15) is 56.5 Å². The highest BCUT2D eigenvalue weighted by atomic mass is 16.1. The smallest absolute Gasteiger partial charge is 0.292 e. The Hall–Kier alpha value is -4.33. The van der Waals surface area contributed by atoms with Gasteiger partial charge in [-0.25, -0.2) is 4.79 Å². The molecule has 0 aliphatic heterocycles. The number of aryl methyl sites for hydroxylation is 2. The molecule has 0 bridgehead atoms. The van der Waals surface area contributed by atoms with Crippen LogP contribution < -0.4 is 5.69 Å². The molecule has 0 fully saturated rings. The van der Waals surface area contributed by atoms with Crippen molar-refractivity contribution in [1.82, 2.24) is 34.7 Å². The van der Waals surface area contributed by atoms with E-state index in [1.807, 2.05) is 21.4 Å². The number of tetrazole rings is 1. The van der Waals surface area contributed by atoms with Crippen LogP contribution in [0.5, 0.6) is 0 Å². The number of aromatic amines is 1. The zero-order valence-electron chi connectivity index (χ0n) is 22.6. The number of rotatable bonds is 7. The van der Waals surface area contributed by atoms with Crippen LogP contribution in [0.2, 0.25) is 0 Å². The van der Waals surface area contributed by atoms with Gasteiger partial charge >= 0.3 is 5.69 Å². The van der Waals surface area contributed by atoms with Crippen LogP contribution in [-0.4, -0.2) is 34.7 Å². The Morgan fingerprint density at radius 3 is 2.47 bits per heavy atom. The van der Waals surface area contributed by atoms with Gasteiger partial charge in [0.15, 0.2) is 0 Å². The van der Waals surface area contributed by atoms with Crippen molar-refractivity contribution in [2.75, 3.05) is 0 Å². The predicted octanol–water partition coefficient (Wildman–Crippen LogP) is 5.49. The van der Waals surface area contributed by atoms with E-state index >= 15 is 0 Å². The van der Waals surface area contributed by atoms with Crippen LogP contribution in [0.15, 0.2) is 71.9 Å². The summed E-state index contributed by atoms with van der Waals surface area (Å²) in [5.74, 6) is 0.500. The van der Waals surface area contributed by atoms with E-state index in [9.17, 15) is 4.79 Å². The molecule has 8 nitrogen and oxygen atoms in total. The van der Waals surface area contributed by atoms with Gasteiger partial charge in [-0.1, -0.05) is 76.6 Å². The first-order valence-corrected chi connectivity index (χ1v) is 13.0. The minimum atomic E-state index is -0.0864. The molecule has 3 aromatic heterocycles. The zero-order valence-corrected chi connectivity index (χ0v) is 22.6. The fourth-order valence-corrected chi connectivity index (χ4v) is 4.97. The maximum Gasteiger partial charge on any atom is 0.333 e. The first kappa shape index (κ1) is 25.3. The molecule has 1 N–H and O–H groups in total. The number of benzene rings is 2. The third-order valence-electron chi connectivity index (χ3n) is 6.87. The molecule has 38 heavy (non-hydrogen) atoms. The summed E-state index contributed by atoms with van der Waals surface area (Å²) in [7, 11) is 0. The van der Waals surface area contributed by atoms with E-state index in [-0.39, 0.29) is 11.1 Å². The van der Waals surface area contributed by atoms with Gasteiger partial charge in [0, 0.05) is 29.8 Å². The normalized spacial score (nSPS) is 11.7. The lowest BCUT2D eigenvalue weighted by atomic mass is 9.84. The average Bonchev–Trinajstić information content (AvgIpc) is 3.54. The molecule has 5 rings (SSSR count). The summed E-state index contributed by atoms with van der Waals surface area (Å²) in [5.41, 5.74) is 8.05. The van der Waals surface area contributed by atoms with Crippen LogP contribution >= 0.6 is 0 Å². The highest BCUT2D eigenvalue weighted by Crippen LogP contribution is 2.31. The summed E-state index contributed by atoms with van der Waals surface area (Å²) in [6.07, 6.45) is 7.33. The zero-order chi connectivity index (χ0) is 26.9. The highest BCUT2D eigenvalue weighted by molar-refractivity contribution is 5.79. The summed E-state index contributed by atoms with van der Waals surface area (Å²) < 4.78 is 3.76. The van der Waals surface area contributed by atoms with Crippen LogP contribution in [-0.2, 0) is 18.4 Å². The topological polar surface area (TPSA) is 94.3 Å². The number of hydrogen-bond acceptors (Lipinski definition) is 5. The van der Waals surface area contributed by atoms with Crippen molar-refractivity contribution in [3.63, 3.8) is 0 Å². The number of hydrogen-bond donors (Lipinski definition) is 1. The maximum absolute atomic E-state index is 13.9. The molecule has 0 unspecified atom stereocenters. The third kappa shape index (κ3) is 4.81. The minimum absolute atomic E-state index is 0.00847. The van der Waals surface area contributed by atoms with Gasteiger partial charge in [0.25, 0.3) is 0 Å². The van der Waals surface area contributed by atoms with Gasteiger partial charge in [-0.05, 0) is 57.9 Å². The predicted molar refractivity (Wildman–Crippen MR) is 149 cm³/mol. The van der Waals surface area contributed by atoms with Crippen LogP contribution in [0.25, 0.3) is 28.2 Å². The van der Waals surface area contributed by atoms with Crippen LogP contribution in [0, 0.1) is 6.92 Å². The Morgan fingerprint density at radius 2 is 1.79 bits per heavy atom. The third-order valence-corrected chi connectivity index (χ3v) is 6.87. The van der Waals surface area contributed by atoms with Gasteiger partial charge in [-0.2, -0.15) is 5.21 Å². The van der Waals surface area contributed by atoms with Crippen LogP contribution in [0.4, 0.5) is 0 Å². The average molecular weight is 508 g/mol. The Balaban J connectivity index is 1.52. The highest BCUT2D eigenvalue weighted by Gasteiger charge is 2.23. The summed E-state index contributed by atoms with van der Waals surface area (Å²) in [5, 5.41) is 14.4. The van der Waals surface area contributed by atoms with E-state index in [1.54, 1.807) is 12.4 Å². The molecule has 8 heteroatoms. The Kier molecular flexibility index (Phi) is 6.80. The number of nitrogens with zero attached hydrogens (tertiary/aromatic N) is 6. The molecule has 0 aliphatic carbocycles. The molecule has 3 heterocycles. The Labute approximate surface area is 222 Å². The van der Waals surface area contributed by atoms with Crippen LogP contribution in [0.3, 0.4) is 0 Å². The van der Waals surface area contributed by atoms with Crippen molar-refractivity contribution in [2.24, 2.45) is 0 Å². The van der Waals surface area contributed by atoms with E-state index in [2.05, 4.69) is 103 Å². The SMILES string of the molecule is CCCc1cn(-c2c(C)cccc2C(C)(C)C)c(=O)n1Cc1ccc(-c2ccncc2-c2nn[nH]n2)cc1. The van der Waals surface area contributed by atoms with Gasteiger partial charge in [0.1, 0.15) is 0 Å². The van der Waals surface area contributed by atoms with Crippen molar-refractivity contribution < 1.29 is 0 Å². The number of para-hydroxylation sites is 1. The molecule has 0 radical (unpaired) electrons. The molecule has 0 aliphatic rings. The van der Waals surface area contributed by atoms with Crippen molar-refractivity contribution in [2.45, 2.75) is 59.4 Å². The molecule has 194 valence electrons. The summed E-state index contributed by atoms with van der Waals surface area (Å²) in [6.45, 7) is 11.3. The van der Waals surface area contributed by atoms with Gasteiger partial charge in [-0.15, -0.1) is 10.2 Å². The molecule has 0 saturated heterocycles. The second-order valence-corrected chi connectivity index (χ2v) is 10.7. The van der Waals surface area contributed by atoms with Crippen molar-refractivity contribution in [3.8, 4) is 28.2 Å². The first-order chi connectivity index (χ1) is 18.3. The Morgan fingerprint density at radius 1 is 1.00 bits per heavy atom. The minimum Gasteiger partial charge on any atom is -0.292 e. The summed E-state index contributed by atoms with van der Waals surface area (Å²) in [6, 6.07) is 16.5. The maximum atomic E-state index is 13.9. The fraction of sp³-hybridized carbons (Fsp3) is 0.300. The number of pyridine rings is 1. The van der Waals surface area contributed by atoms with E-state index < -0.39 is 0 Å².